The summed E-state index contributed by atoms with van der Waals surface area (Å²) in [4.78, 5) is 26.3. The summed E-state index contributed by atoms with van der Waals surface area (Å²) in [6, 6.07) is 2.50. The molecule has 1 unspecified atom stereocenters. The Labute approximate surface area is 157 Å². The number of anilines is 1. The Morgan fingerprint density at radius 3 is 2.68 bits per heavy atom. The highest BCUT2D eigenvalue weighted by molar-refractivity contribution is 6.06. The first-order valence-corrected chi connectivity index (χ1v) is 8.44. The summed E-state index contributed by atoms with van der Waals surface area (Å²) in [7, 11) is 0. The van der Waals surface area contributed by atoms with E-state index < -0.39 is 23.6 Å². The van der Waals surface area contributed by atoms with Crippen molar-refractivity contribution in [2.24, 2.45) is 5.92 Å². The summed E-state index contributed by atoms with van der Waals surface area (Å²) < 4.78 is 58.1. The van der Waals surface area contributed by atoms with Crippen LogP contribution in [0, 0.1) is 5.92 Å². The van der Waals surface area contributed by atoms with Crippen LogP contribution in [0.5, 0.6) is 0 Å². The number of carbonyl (C=O) groups excluding carboxylic acids is 1. The zero-order chi connectivity index (χ0) is 20.3. The predicted octanol–water partition coefficient (Wildman–Crippen LogP) is 4.25. The summed E-state index contributed by atoms with van der Waals surface area (Å²) >= 11 is 0. The highest BCUT2D eigenvalue weighted by Gasteiger charge is 2.40. The number of alkyl halides is 3. The molecule has 0 spiro atoms. The molecular weight excluding hydrogens is 380 g/mol. The first-order chi connectivity index (χ1) is 13.2. The van der Waals surface area contributed by atoms with Gasteiger partial charge < -0.3 is 15.0 Å². The number of H-pyrrole nitrogens is 1. The van der Waals surface area contributed by atoms with E-state index in [0.717, 1.165) is 12.1 Å². The molecule has 2 aliphatic rings. The Balaban J connectivity index is 1.86. The largest absolute Gasteiger partial charge is 0.461 e. The summed E-state index contributed by atoms with van der Waals surface area (Å²) in [5.41, 5.74) is -0.647. The van der Waals surface area contributed by atoms with E-state index in [-0.39, 0.29) is 42.1 Å². The van der Waals surface area contributed by atoms with E-state index >= 15 is 0 Å². The van der Waals surface area contributed by atoms with E-state index in [0.29, 0.717) is 5.76 Å². The van der Waals surface area contributed by atoms with Gasteiger partial charge >= 0.3 is 6.18 Å². The highest BCUT2D eigenvalue weighted by Crippen LogP contribution is 2.37. The van der Waals surface area contributed by atoms with Gasteiger partial charge in [-0.25, -0.2) is 4.39 Å². The van der Waals surface area contributed by atoms with Crippen molar-refractivity contribution in [1.82, 2.24) is 4.98 Å². The average Bonchev–Trinajstić information content (AvgIpc) is 2.63. The predicted molar refractivity (Wildman–Crippen MR) is 93.6 cm³/mol. The van der Waals surface area contributed by atoms with Gasteiger partial charge in [-0.15, -0.1) is 0 Å². The van der Waals surface area contributed by atoms with Crippen molar-refractivity contribution in [2.75, 3.05) is 5.32 Å². The third-order valence-corrected chi connectivity index (χ3v) is 4.19. The van der Waals surface area contributed by atoms with Crippen molar-refractivity contribution in [3.05, 3.63) is 75.9 Å². The lowest BCUT2D eigenvalue weighted by molar-refractivity contribution is -0.160. The SMILES string of the molecule is O=C(Nc1cc[nH]c(=O)c1)C1=CC(C(F)(F)F)CC=C1OC1=CC=C(F)CC1. The Morgan fingerprint density at radius 2 is 2.04 bits per heavy atom. The Morgan fingerprint density at radius 1 is 1.25 bits per heavy atom. The lowest BCUT2D eigenvalue weighted by atomic mass is 9.93. The van der Waals surface area contributed by atoms with Crippen molar-refractivity contribution in [1.29, 1.82) is 0 Å². The molecule has 1 atom stereocenters. The summed E-state index contributed by atoms with van der Waals surface area (Å²) in [6.45, 7) is 0. The maximum atomic E-state index is 13.1. The van der Waals surface area contributed by atoms with Crippen LogP contribution in [-0.2, 0) is 9.53 Å². The van der Waals surface area contributed by atoms with Gasteiger partial charge in [0.1, 0.15) is 17.3 Å². The number of hydrogen-bond donors (Lipinski definition) is 2. The van der Waals surface area contributed by atoms with Crippen molar-refractivity contribution in [2.45, 2.75) is 25.4 Å². The molecule has 0 fully saturated rings. The van der Waals surface area contributed by atoms with Gasteiger partial charge in [0.25, 0.3) is 5.91 Å². The van der Waals surface area contributed by atoms with Gasteiger partial charge in [-0.3, -0.25) is 9.59 Å². The molecule has 148 valence electrons. The maximum Gasteiger partial charge on any atom is 0.395 e. The Hall–Kier alpha value is -3.10. The van der Waals surface area contributed by atoms with Crippen LogP contribution in [0.3, 0.4) is 0 Å². The van der Waals surface area contributed by atoms with Crippen molar-refractivity contribution < 1.29 is 27.1 Å². The summed E-state index contributed by atoms with van der Waals surface area (Å²) in [5.74, 6) is -2.70. The van der Waals surface area contributed by atoms with Crippen LogP contribution >= 0.6 is 0 Å². The minimum atomic E-state index is -4.52. The van der Waals surface area contributed by atoms with E-state index in [4.69, 9.17) is 4.74 Å². The number of pyridine rings is 1. The fourth-order valence-corrected chi connectivity index (χ4v) is 2.75. The monoisotopic (exact) mass is 396 g/mol. The standard InChI is InChI=1S/C19H16F4N2O3/c20-12-2-4-14(5-3-12)28-16-6-1-11(19(21,22)23)9-15(16)18(27)25-13-7-8-24-17(26)10-13/h2,4,6-11H,1,3,5H2,(H2,24,25,26,27). The Kier molecular flexibility index (Phi) is 5.53. The van der Waals surface area contributed by atoms with Gasteiger partial charge in [0.05, 0.1) is 11.5 Å². The molecule has 2 aliphatic carbocycles. The van der Waals surface area contributed by atoms with Crippen LogP contribution in [0.15, 0.2) is 70.3 Å². The second kappa shape index (κ2) is 7.87. The minimum absolute atomic E-state index is 0.0372. The molecule has 0 bridgehead atoms. The van der Waals surface area contributed by atoms with E-state index in [9.17, 15) is 27.2 Å². The van der Waals surface area contributed by atoms with Crippen LogP contribution in [0.4, 0.5) is 23.2 Å². The maximum absolute atomic E-state index is 13.1. The number of rotatable bonds is 4. The van der Waals surface area contributed by atoms with Gasteiger partial charge in [-0.2, -0.15) is 13.2 Å². The molecule has 0 saturated heterocycles. The number of ether oxygens (including phenoxy) is 1. The second-order valence-corrected chi connectivity index (χ2v) is 6.28. The molecule has 5 nitrogen and oxygen atoms in total. The molecule has 9 heteroatoms. The number of hydrogen-bond acceptors (Lipinski definition) is 3. The third-order valence-electron chi connectivity index (χ3n) is 4.19. The molecule has 1 amide bonds. The molecule has 2 N–H and O–H groups in total. The first kappa shape index (κ1) is 19.7. The van der Waals surface area contributed by atoms with Gasteiger partial charge in [-0.05, 0) is 30.7 Å². The molecular formula is C19H16F4N2O3. The van der Waals surface area contributed by atoms with E-state index in [1.807, 2.05) is 0 Å². The van der Waals surface area contributed by atoms with E-state index in [1.54, 1.807) is 0 Å². The molecule has 3 rings (SSSR count). The lowest BCUT2D eigenvalue weighted by Crippen LogP contribution is -2.27. The molecule has 28 heavy (non-hydrogen) atoms. The fraction of sp³-hybridized carbons (Fsp3) is 0.263. The highest BCUT2D eigenvalue weighted by atomic mass is 19.4. The Bertz CT molecular complexity index is 954. The van der Waals surface area contributed by atoms with Crippen LogP contribution in [0.1, 0.15) is 19.3 Å². The smallest absolute Gasteiger partial charge is 0.395 e. The molecule has 0 aliphatic heterocycles. The van der Waals surface area contributed by atoms with Crippen molar-refractivity contribution in [3.63, 3.8) is 0 Å². The number of allylic oxidation sites excluding steroid dienone is 6. The second-order valence-electron chi connectivity index (χ2n) is 6.28. The van der Waals surface area contributed by atoms with Crippen LogP contribution in [-0.4, -0.2) is 17.1 Å². The number of halogens is 4. The molecule has 1 heterocycles. The van der Waals surface area contributed by atoms with Crippen LogP contribution < -0.4 is 10.9 Å². The molecule has 1 aromatic rings. The number of nitrogens with one attached hydrogen (secondary N) is 2. The quantitative estimate of drug-likeness (QED) is 0.748. The lowest BCUT2D eigenvalue weighted by Gasteiger charge is -2.24. The number of carbonyl (C=O) groups is 1. The molecule has 1 aromatic heterocycles. The van der Waals surface area contributed by atoms with Gasteiger partial charge in [0.15, 0.2) is 0 Å². The number of aromatic nitrogens is 1. The van der Waals surface area contributed by atoms with Crippen molar-refractivity contribution >= 4 is 11.6 Å². The zero-order valence-corrected chi connectivity index (χ0v) is 14.5. The number of amides is 1. The fourth-order valence-electron chi connectivity index (χ4n) is 2.75. The zero-order valence-electron chi connectivity index (χ0n) is 14.5. The summed E-state index contributed by atoms with van der Waals surface area (Å²) in [5, 5.41) is 2.39. The average molecular weight is 396 g/mol. The third kappa shape index (κ3) is 4.79. The van der Waals surface area contributed by atoms with E-state index in [1.165, 1.54) is 30.5 Å². The normalized spacial score (nSPS) is 19.8. The first-order valence-electron chi connectivity index (χ1n) is 8.44. The van der Waals surface area contributed by atoms with E-state index in [2.05, 4.69) is 10.3 Å². The molecule has 0 saturated carbocycles. The van der Waals surface area contributed by atoms with Crippen molar-refractivity contribution in [3.8, 4) is 0 Å². The van der Waals surface area contributed by atoms with Crippen LogP contribution in [0.25, 0.3) is 0 Å². The van der Waals surface area contributed by atoms with Gasteiger partial charge in [-0.1, -0.05) is 6.08 Å². The minimum Gasteiger partial charge on any atom is -0.461 e. The topological polar surface area (TPSA) is 71.2 Å². The molecule has 0 aromatic carbocycles. The number of aromatic amines is 1. The molecule has 0 radical (unpaired) electrons. The van der Waals surface area contributed by atoms with Gasteiger partial charge in [0.2, 0.25) is 5.56 Å². The summed E-state index contributed by atoms with van der Waals surface area (Å²) in [6.07, 6.45) is 1.33. The van der Waals surface area contributed by atoms with Gasteiger partial charge in [0, 0.05) is 30.8 Å². The van der Waals surface area contributed by atoms with Crippen LogP contribution in [0.2, 0.25) is 0 Å².